The molecule has 7 nitrogen and oxygen atoms in total. The van der Waals surface area contributed by atoms with Crippen LogP contribution in [0.2, 0.25) is 5.02 Å². The summed E-state index contributed by atoms with van der Waals surface area (Å²) >= 11 is 6.13. The Morgan fingerprint density at radius 3 is 2.36 bits per heavy atom. The van der Waals surface area contributed by atoms with Crippen molar-refractivity contribution >= 4 is 23.5 Å². The third-order valence-electron chi connectivity index (χ3n) is 5.41. The van der Waals surface area contributed by atoms with Gasteiger partial charge in [-0.05, 0) is 42.5 Å². The fourth-order valence-electron chi connectivity index (χ4n) is 3.63. The number of rotatable bonds is 15. The molecule has 2 atom stereocenters. The van der Waals surface area contributed by atoms with Gasteiger partial charge in [-0.25, -0.2) is 4.79 Å². The van der Waals surface area contributed by atoms with Gasteiger partial charge in [-0.15, -0.1) is 0 Å². The average molecular weight is 479 g/mol. The fraction of sp³-hybridized carbons (Fsp3) is 0.440. The SMILES string of the molecule is O=C(O)C[C@](O)(C[C@@H](O)CCCCCCc1ccc(Cl)cc1OCc1ccccc1)C(=O)O. The lowest BCUT2D eigenvalue weighted by Gasteiger charge is -2.24. The monoisotopic (exact) mass is 478 g/mol. The molecule has 0 aromatic heterocycles. The Bertz CT molecular complexity index is 903. The van der Waals surface area contributed by atoms with E-state index in [-0.39, 0.29) is 0 Å². The second kappa shape index (κ2) is 13.2. The summed E-state index contributed by atoms with van der Waals surface area (Å²) in [5, 5.41) is 38.5. The fourth-order valence-corrected chi connectivity index (χ4v) is 3.79. The van der Waals surface area contributed by atoms with Gasteiger partial charge in [-0.1, -0.05) is 67.3 Å². The zero-order valence-corrected chi connectivity index (χ0v) is 19.2. The first-order chi connectivity index (χ1) is 15.7. The molecule has 0 aliphatic heterocycles. The average Bonchev–Trinajstić information content (AvgIpc) is 2.75. The molecule has 4 N–H and O–H groups in total. The molecule has 0 aliphatic carbocycles. The maximum absolute atomic E-state index is 11.2. The van der Waals surface area contributed by atoms with Gasteiger partial charge in [0.15, 0.2) is 5.60 Å². The van der Waals surface area contributed by atoms with Crippen LogP contribution < -0.4 is 4.74 Å². The minimum absolute atomic E-state index is 0.293. The summed E-state index contributed by atoms with van der Waals surface area (Å²) in [6.07, 6.45) is 1.81. The highest BCUT2D eigenvalue weighted by atomic mass is 35.5. The molecular weight excluding hydrogens is 448 g/mol. The van der Waals surface area contributed by atoms with Crippen molar-refractivity contribution in [3.63, 3.8) is 0 Å². The van der Waals surface area contributed by atoms with E-state index >= 15 is 0 Å². The van der Waals surface area contributed by atoms with Gasteiger partial charge in [0.05, 0.1) is 12.5 Å². The van der Waals surface area contributed by atoms with Crippen molar-refractivity contribution in [2.45, 2.75) is 69.7 Å². The Morgan fingerprint density at radius 1 is 1.00 bits per heavy atom. The number of aliphatic carboxylic acids is 2. The quantitative estimate of drug-likeness (QED) is 0.279. The number of hydrogen-bond donors (Lipinski definition) is 4. The molecule has 0 saturated heterocycles. The van der Waals surface area contributed by atoms with Crippen LogP contribution in [0.3, 0.4) is 0 Å². The Kier molecular flexibility index (Phi) is 10.6. The third-order valence-corrected chi connectivity index (χ3v) is 5.65. The van der Waals surface area contributed by atoms with E-state index in [0.29, 0.717) is 24.5 Å². The highest BCUT2D eigenvalue weighted by Crippen LogP contribution is 2.27. The maximum Gasteiger partial charge on any atom is 0.336 e. The summed E-state index contributed by atoms with van der Waals surface area (Å²) < 4.78 is 5.98. The Balaban J connectivity index is 1.74. The van der Waals surface area contributed by atoms with Crippen LogP contribution in [0.15, 0.2) is 48.5 Å². The van der Waals surface area contributed by atoms with E-state index in [2.05, 4.69) is 0 Å². The van der Waals surface area contributed by atoms with Crippen LogP contribution in [0.5, 0.6) is 5.75 Å². The van der Waals surface area contributed by atoms with E-state index in [0.717, 1.165) is 42.6 Å². The topological polar surface area (TPSA) is 124 Å². The zero-order chi connectivity index (χ0) is 24.3. The number of halogens is 1. The molecule has 0 spiro atoms. The van der Waals surface area contributed by atoms with Crippen LogP contribution in [0, 0.1) is 0 Å². The number of hydrogen-bond acceptors (Lipinski definition) is 5. The van der Waals surface area contributed by atoms with E-state index in [1.54, 1.807) is 0 Å². The van der Waals surface area contributed by atoms with Gasteiger partial charge in [-0.3, -0.25) is 4.79 Å². The first-order valence-corrected chi connectivity index (χ1v) is 11.4. The Morgan fingerprint density at radius 2 is 1.70 bits per heavy atom. The standard InChI is InChI=1S/C25H31ClO7/c26-20-13-12-19(22(14-20)33-17-18-8-4-3-5-9-18)10-6-1-2-7-11-21(27)15-25(32,24(30)31)16-23(28)29/h3-5,8-9,12-14,21,27,32H,1-2,6-7,10-11,15-17H2,(H,28,29)(H,30,31)/t21-,25+/m0/s1. The normalized spacial score (nSPS) is 13.8. The highest BCUT2D eigenvalue weighted by molar-refractivity contribution is 6.30. The Labute approximate surface area is 198 Å². The van der Waals surface area contributed by atoms with Gasteiger partial charge in [0, 0.05) is 11.4 Å². The van der Waals surface area contributed by atoms with E-state index in [1.165, 1.54) is 0 Å². The first kappa shape index (κ1) is 26.6. The number of unbranched alkanes of at least 4 members (excludes halogenated alkanes) is 3. The van der Waals surface area contributed by atoms with Crippen molar-refractivity contribution in [1.82, 2.24) is 0 Å². The third kappa shape index (κ3) is 9.42. The molecule has 0 unspecified atom stereocenters. The van der Waals surface area contributed by atoms with Crippen LogP contribution in [0.1, 0.15) is 56.1 Å². The lowest BCUT2D eigenvalue weighted by Crippen LogP contribution is -2.43. The molecule has 33 heavy (non-hydrogen) atoms. The number of carboxylic acids is 2. The van der Waals surface area contributed by atoms with Gasteiger partial charge < -0.3 is 25.2 Å². The van der Waals surface area contributed by atoms with Crippen molar-refractivity contribution in [1.29, 1.82) is 0 Å². The molecule has 0 fully saturated rings. The summed E-state index contributed by atoms with van der Waals surface area (Å²) in [6, 6.07) is 15.5. The smallest absolute Gasteiger partial charge is 0.336 e. The highest BCUT2D eigenvalue weighted by Gasteiger charge is 2.40. The lowest BCUT2D eigenvalue weighted by atomic mass is 9.90. The molecule has 2 rings (SSSR count). The summed E-state index contributed by atoms with van der Waals surface area (Å²) in [5.74, 6) is -2.31. The second-order valence-corrected chi connectivity index (χ2v) is 8.68. The lowest BCUT2D eigenvalue weighted by molar-refractivity contribution is -0.168. The predicted octanol–water partition coefficient (Wildman–Crippen LogP) is 4.45. The number of carbonyl (C=O) groups is 2. The largest absolute Gasteiger partial charge is 0.489 e. The first-order valence-electron chi connectivity index (χ1n) is 11.0. The maximum atomic E-state index is 11.2. The second-order valence-electron chi connectivity index (χ2n) is 8.24. The summed E-state index contributed by atoms with van der Waals surface area (Å²) in [5.41, 5.74) is -0.327. The number of benzene rings is 2. The summed E-state index contributed by atoms with van der Waals surface area (Å²) in [4.78, 5) is 22.0. The number of aliphatic hydroxyl groups is 2. The van der Waals surface area contributed by atoms with Gasteiger partial charge in [0.25, 0.3) is 0 Å². The van der Waals surface area contributed by atoms with Crippen molar-refractivity contribution in [2.24, 2.45) is 0 Å². The molecule has 8 heteroatoms. The van der Waals surface area contributed by atoms with Crippen molar-refractivity contribution in [3.8, 4) is 5.75 Å². The molecule has 0 radical (unpaired) electrons. The number of ether oxygens (including phenoxy) is 1. The van der Waals surface area contributed by atoms with Gasteiger partial charge >= 0.3 is 11.9 Å². The predicted molar refractivity (Wildman–Crippen MR) is 124 cm³/mol. The zero-order valence-electron chi connectivity index (χ0n) is 18.5. The van der Waals surface area contributed by atoms with E-state index in [9.17, 15) is 19.8 Å². The molecule has 0 aliphatic rings. The van der Waals surface area contributed by atoms with Crippen LogP contribution in [0.4, 0.5) is 0 Å². The van der Waals surface area contributed by atoms with Gasteiger partial charge in [-0.2, -0.15) is 0 Å². The van der Waals surface area contributed by atoms with Crippen LogP contribution in [-0.2, 0) is 22.6 Å². The van der Waals surface area contributed by atoms with E-state index < -0.39 is 36.5 Å². The molecule has 0 bridgehead atoms. The minimum atomic E-state index is -2.46. The Hall–Kier alpha value is -2.61. The molecule has 180 valence electrons. The van der Waals surface area contributed by atoms with Crippen molar-refractivity contribution in [3.05, 3.63) is 64.7 Å². The molecule has 2 aromatic rings. The number of aryl methyl sites for hydroxylation is 1. The number of carboxylic acid groups (broad SMARTS) is 2. The number of aliphatic hydroxyl groups excluding tert-OH is 1. The van der Waals surface area contributed by atoms with Crippen LogP contribution >= 0.6 is 11.6 Å². The van der Waals surface area contributed by atoms with Crippen molar-refractivity contribution < 1.29 is 34.8 Å². The molecule has 0 amide bonds. The summed E-state index contributed by atoms with van der Waals surface area (Å²) in [6.45, 7) is 0.455. The van der Waals surface area contributed by atoms with Crippen molar-refractivity contribution in [2.75, 3.05) is 0 Å². The molecular formula is C25H31ClO7. The molecule has 0 saturated carbocycles. The molecule has 0 heterocycles. The minimum Gasteiger partial charge on any atom is -0.489 e. The van der Waals surface area contributed by atoms with E-state index in [1.807, 2.05) is 48.5 Å². The van der Waals surface area contributed by atoms with Crippen LogP contribution in [-0.4, -0.2) is 44.1 Å². The van der Waals surface area contributed by atoms with E-state index in [4.69, 9.17) is 26.6 Å². The molecule has 2 aromatic carbocycles. The van der Waals surface area contributed by atoms with Gasteiger partial charge in [0.1, 0.15) is 12.4 Å². The van der Waals surface area contributed by atoms with Crippen LogP contribution in [0.25, 0.3) is 0 Å². The van der Waals surface area contributed by atoms with Gasteiger partial charge in [0.2, 0.25) is 0 Å². The summed E-state index contributed by atoms with van der Waals surface area (Å²) in [7, 11) is 0.